The number of carbonyl (C=O) groups excluding carboxylic acids is 3. The average Bonchev–Trinajstić information content (AvgIpc) is 3.38. The van der Waals surface area contributed by atoms with E-state index in [2.05, 4.69) is 25.9 Å². The summed E-state index contributed by atoms with van der Waals surface area (Å²) in [6, 6.07) is 2.47. The fraction of sp³-hybridized carbons (Fsp3) is 0.500. The van der Waals surface area contributed by atoms with Gasteiger partial charge in [-0.3, -0.25) is 24.2 Å². The van der Waals surface area contributed by atoms with Crippen molar-refractivity contribution in [2.24, 2.45) is 27.9 Å². The number of rotatable bonds is 20. The van der Waals surface area contributed by atoms with Crippen molar-refractivity contribution >= 4 is 46.5 Å². The predicted molar refractivity (Wildman–Crippen MR) is 163 cm³/mol. The number of carboxylic acids is 2. The van der Waals surface area contributed by atoms with Gasteiger partial charge in [-0.1, -0.05) is 24.6 Å². The third-order valence-electron chi connectivity index (χ3n) is 6.88. The summed E-state index contributed by atoms with van der Waals surface area (Å²) in [5.41, 5.74) is 23.6. The molecule has 16 nitrogen and oxygen atoms in total. The number of aliphatic imine (C=N–C) groups is 1. The molecule has 0 fully saturated rings. The van der Waals surface area contributed by atoms with Crippen molar-refractivity contribution in [2.75, 3.05) is 13.1 Å². The number of aromatic amines is 1. The SMILES string of the molecule is NCCCCC(N)C(=O)NC(Cc1c[nH]c2ccccc12)C(=O)NC(CCC(=O)O)C(=O)NC(CCCN=C(N)N)C(=O)O. The summed E-state index contributed by atoms with van der Waals surface area (Å²) in [6.07, 6.45) is 2.72. The van der Waals surface area contributed by atoms with Crippen LogP contribution in [0.2, 0.25) is 0 Å². The minimum absolute atomic E-state index is 0.0208. The van der Waals surface area contributed by atoms with E-state index in [1.807, 2.05) is 24.3 Å². The Labute approximate surface area is 254 Å². The highest BCUT2D eigenvalue weighted by atomic mass is 16.4. The number of unbranched alkanes of at least 4 members (excludes halogenated alkanes) is 1. The fourth-order valence-corrected chi connectivity index (χ4v) is 4.49. The van der Waals surface area contributed by atoms with Crippen LogP contribution in [-0.4, -0.2) is 88.1 Å². The number of nitrogens with one attached hydrogen (secondary N) is 4. The van der Waals surface area contributed by atoms with Crippen LogP contribution in [0.3, 0.4) is 0 Å². The number of carboxylic acid groups (broad SMARTS) is 2. The van der Waals surface area contributed by atoms with Crippen molar-refractivity contribution in [3.63, 3.8) is 0 Å². The number of amides is 3. The summed E-state index contributed by atoms with van der Waals surface area (Å²) in [4.78, 5) is 69.7. The number of nitrogens with two attached hydrogens (primary N) is 4. The maximum Gasteiger partial charge on any atom is 0.326 e. The summed E-state index contributed by atoms with van der Waals surface area (Å²) in [7, 11) is 0. The molecule has 14 N–H and O–H groups in total. The van der Waals surface area contributed by atoms with Crippen molar-refractivity contribution in [2.45, 2.75) is 75.5 Å². The summed E-state index contributed by atoms with van der Waals surface area (Å²) in [6.45, 7) is 0.573. The summed E-state index contributed by atoms with van der Waals surface area (Å²) >= 11 is 0. The number of carbonyl (C=O) groups is 5. The molecule has 16 heteroatoms. The number of fused-ring (bicyclic) bond motifs is 1. The highest BCUT2D eigenvalue weighted by Gasteiger charge is 2.31. The van der Waals surface area contributed by atoms with Crippen LogP contribution in [0.1, 0.15) is 50.5 Å². The van der Waals surface area contributed by atoms with Crippen LogP contribution in [0.4, 0.5) is 0 Å². The van der Waals surface area contributed by atoms with E-state index in [1.165, 1.54) is 0 Å². The van der Waals surface area contributed by atoms with E-state index in [1.54, 1.807) is 6.20 Å². The lowest BCUT2D eigenvalue weighted by Crippen LogP contribution is -2.57. The number of benzene rings is 1. The van der Waals surface area contributed by atoms with Crippen LogP contribution in [-0.2, 0) is 30.4 Å². The molecule has 2 rings (SSSR count). The van der Waals surface area contributed by atoms with Gasteiger partial charge in [0.05, 0.1) is 6.04 Å². The molecule has 0 aliphatic heterocycles. The van der Waals surface area contributed by atoms with Crippen molar-refractivity contribution < 1.29 is 34.2 Å². The van der Waals surface area contributed by atoms with Gasteiger partial charge in [0, 0.05) is 36.5 Å². The molecule has 0 spiro atoms. The molecule has 1 aromatic carbocycles. The van der Waals surface area contributed by atoms with Gasteiger partial charge >= 0.3 is 11.9 Å². The Morgan fingerprint density at radius 1 is 0.841 bits per heavy atom. The molecule has 0 radical (unpaired) electrons. The molecule has 44 heavy (non-hydrogen) atoms. The van der Waals surface area contributed by atoms with Gasteiger partial charge in [0.1, 0.15) is 18.1 Å². The second kappa shape index (κ2) is 18.1. The molecule has 2 aromatic rings. The number of hydrogen-bond donors (Lipinski definition) is 10. The number of guanidine groups is 1. The van der Waals surface area contributed by atoms with Gasteiger partial charge in [-0.15, -0.1) is 0 Å². The molecule has 1 heterocycles. The van der Waals surface area contributed by atoms with E-state index in [-0.39, 0.29) is 38.2 Å². The van der Waals surface area contributed by atoms with Crippen LogP contribution in [0, 0.1) is 0 Å². The van der Waals surface area contributed by atoms with Gasteiger partial charge in [-0.05, 0) is 50.3 Å². The van der Waals surface area contributed by atoms with E-state index >= 15 is 0 Å². The zero-order chi connectivity index (χ0) is 32.6. The summed E-state index contributed by atoms with van der Waals surface area (Å²) in [5, 5.41) is 27.2. The van der Waals surface area contributed by atoms with Crippen LogP contribution in [0.15, 0.2) is 35.5 Å². The van der Waals surface area contributed by atoms with Crippen molar-refractivity contribution in [1.82, 2.24) is 20.9 Å². The lowest BCUT2D eigenvalue weighted by molar-refractivity contribution is -0.143. The van der Waals surface area contributed by atoms with Crippen LogP contribution in [0.5, 0.6) is 0 Å². The highest BCUT2D eigenvalue weighted by molar-refractivity contribution is 5.95. The lowest BCUT2D eigenvalue weighted by atomic mass is 10.0. The molecule has 0 saturated carbocycles. The molecule has 0 saturated heterocycles. The zero-order valence-corrected chi connectivity index (χ0v) is 24.5. The van der Waals surface area contributed by atoms with Crippen molar-refractivity contribution in [1.29, 1.82) is 0 Å². The topological polar surface area (TPSA) is 294 Å². The standard InChI is InChI=1S/C28H43N9O7/c29-12-4-3-7-18(30)24(40)37-22(14-16-15-34-19-8-2-1-6-17(16)19)26(42)35-20(10-11-23(38)39)25(41)36-21(27(43)44)9-5-13-33-28(31)32/h1-2,6,8,15,18,20-22,34H,3-5,7,9-14,29-30H2,(H,35,42)(H,36,41)(H,37,40)(H,38,39)(H,43,44)(H4,31,32,33). The average molecular weight is 618 g/mol. The molecular weight excluding hydrogens is 574 g/mol. The van der Waals surface area contributed by atoms with Gasteiger partial charge in [-0.25, -0.2) is 4.79 Å². The molecule has 0 bridgehead atoms. The van der Waals surface area contributed by atoms with E-state index in [0.29, 0.717) is 31.4 Å². The molecule has 0 aliphatic rings. The molecular formula is C28H43N9O7. The van der Waals surface area contributed by atoms with Crippen LogP contribution in [0.25, 0.3) is 10.9 Å². The maximum atomic E-state index is 13.6. The third kappa shape index (κ3) is 11.9. The first-order chi connectivity index (χ1) is 20.9. The van der Waals surface area contributed by atoms with Gasteiger partial charge < -0.3 is 54.1 Å². The smallest absolute Gasteiger partial charge is 0.326 e. The van der Waals surface area contributed by atoms with Gasteiger partial charge in [0.15, 0.2) is 5.96 Å². The normalized spacial score (nSPS) is 13.7. The maximum absolute atomic E-state index is 13.6. The van der Waals surface area contributed by atoms with E-state index in [0.717, 1.165) is 10.9 Å². The molecule has 4 atom stereocenters. The molecule has 1 aromatic heterocycles. The van der Waals surface area contributed by atoms with Crippen molar-refractivity contribution in [3.05, 3.63) is 36.0 Å². The number of para-hydroxylation sites is 1. The molecule has 4 unspecified atom stereocenters. The number of aromatic nitrogens is 1. The molecule has 3 amide bonds. The van der Waals surface area contributed by atoms with Crippen LogP contribution >= 0.6 is 0 Å². The first-order valence-electron chi connectivity index (χ1n) is 14.3. The number of nitrogens with zero attached hydrogens (tertiary/aromatic N) is 1. The van der Waals surface area contributed by atoms with Crippen molar-refractivity contribution in [3.8, 4) is 0 Å². The monoisotopic (exact) mass is 617 g/mol. The highest BCUT2D eigenvalue weighted by Crippen LogP contribution is 2.19. The Kier molecular flexibility index (Phi) is 14.6. The lowest BCUT2D eigenvalue weighted by Gasteiger charge is -2.25. The Balaban J connectivity index is 2.26. The first-order valence-corrected chi connectivity index (χ1v) is 14.3. The van der Waals surface area contributed by atoms with Gasteiger partial charge in [0.25, 0.3) is 0 Å². The Morgan fingerprint density at radius 3 is 2.16 bits per heavy atom. The number of H-pyrrole nitrogens is 1. The second-order valence-corrected chi connectivity index (χ2v) is 10.4. The molecule has 0 aliphatic carbocycles. The number of hydrogen-bond acceptors (Lipinski definition) is 8. The second-order valence-electron chi connectivity index (χ2n) is 10.4. The first kappa shape index (κ1) is 35.5. The quantitative estimate of drug-likeness (QED) is 0.0469. The third-order valence-corrected chi connectivity index (χ3v) is 6.88. The summed E-state index contributed by atoms with van der Waals surface area (Å²) < 4.78 is 0. The van der Waals surface area contributed by atoms with Gasteiger partial charge in [-0.2, -0.15) is 0 Å². The largest absolute Gasteiger partial charge is 0.481 e. The Hall–Kier alpha value is -4.70. The van der Waals surface area contributed by atoms with E-state index in [9.17, 15) is 34.2 Å². The number of aliphatic carboxylic acids is 2. The fourth-order valence-electron chi connectivity index (χ4n) is 4.49. The predicted octanol–water partition coefficient (Wildman–Crippen LogP) is -1.38. The minimum Gasteiger partial charge on any atom is -0.481 e. The van der Waals surface area contributed by atoms with E-state index < -0.39 is 60.2 Å². The Morgan fingerprint density at radius 2 is 1.50 bits per heavy atom. The summed E-state index contributed by atoms with van der Waals surface area (Å²) in [5.74, 6) is -4.98. The zero-order valence-electron chi connectivity index (χ0n) is 24.5. The van der Waals surface area contributed by atoms with E-state index in [4.69, 9.17) is 22.9 Å². The Bertz CT molecular complexity index is 1310. The minimum atomic E-state index is -1.42. The molecule has 242 valence electrons. The van der Waals surface area contributed by atoms with Gasteiger partial charge in [0.2, 0.25) is 17.7 Å². The van der Waals surface area contributed by atoms with Crippen LogP contribution < -0.4 is 38.9 Å².